The number of carbonyl (C=O) groups is 1. The average molecular weight is 177 g/mol. The molecule has 1 atom stereocenters. The maximum absolute atomic E-state index is 12.7. The fourth-order valence-electron chi connectivity index (χ4n) is 0.846. The Labute approximate surface area is 65.9 Å². The topological polar surface area (TPSA) is 75.1 Å². The van der Waals surface area contributed by atoms with Gasteiger partial charge in [0.15, 0.2) is 0 Å². The van der Waals surface area contributed by atoms with Crippen LogP contribution in [0.25, 0.3) is 10.4 Å². The molecule has 12 heavy (non-hydrogen) atoms. The summed E-state index contributed by atoms with van der Waals surface area (Å²) in [5.74, 6) is -6.37. The van der Waals surface area contributed by atoms with Crippen molar-refractivity contribution in [2.45, 2.75) is 5.92 Å². The number of rotatable bonds is 2. The minimum atomic E-state index is -3.51. The van der Waals surface area contributed by atoms with Gasteiger partial charge in [0.2, 0.25) is 0 Å². The summed E-state index contributed by atoms with van der Waals surface area (Å²) in [4.78, 5) is 12.7. The normalized spacial score (nSPS) is 26.2. The van der Waals surface area contributed by atoms with Gasteiger partial charge in [0.25, 0.3) is 0 Å². The third kappa shape index (κ3) is 1.31. The van der Waals surface area contributed by atoms with E-state index in [0.717, 1.165) is 0 Å². The van der Waals surface area contributed by atoms with E-state index >= 15 is 0 Å². The van der Waals surface area contributed by atoms with Crippen molar-refractivity contribution in [2.75, 3.05) is 13.2 Å². The van der Waals surface area contributed by atoms with Crippen LogP contribution in [0.1, 0.15) is 0 Å². The van der Waals surface area contributed by atoms with Crippen molar-refractivity contribution in [3.05, 3.63) is 10.4 Å². The number of esters is 1. The molecule has 0 bridgehead atoms. The zero-order valence-corrected chi connectivity index (χ0v) is 5.91. The molecule has 66 valence electrons. The average Bonchev–Trinajstić information content (AvgIpc) is 2.25. The van der Waals surface area contributed by atoms with Crippen molar-refractivity contribution in [3.8, 4) is 0 Å². The highest BCUT2D eigenvalue weighted by Crippen LogP contribution is 2.32. The van der Waals surface area contributed by atoms with Gasteiger partial charge in [0, 0.05) is 11.5 Å². The van der Waals surface area contributed by atoms with Crippen LogP contribution in [-0.2, 0) is 9.53 Å². The number of ether oxygens (including phenoxy) is 1. The summed E-state index contributed by atoms with van der Waals surface area (Å²) in [7, 11) is 0. The highest BCUT2D eigenvalue weighted by Gasteiger charge is 2.54. The van der Waals surface area contributed by atoms with E-state index in [0.29, 0.717) is 0 Å². The summed E-state index contributed by atoms with van der Waals surface area (Å²) in [6.45, 7) is -0.805. The Balaban J connectivity index is 2.68. The molecule has 0 aliphatic carbocycles. The monoisotopic (exact) mass is 177 g/mol. The van der Waals surface area contributed by atoms with Gasteiger partial charge < -0.3 is 4.74 Å². The molecule has 1 saturated heterocycles. The van der Waals surface area contributed by atoms with E-state index < -0.39 is 24.4 Å². The van der Waals surface area contributed by atoms with Gasteiger partial charge in [-0.1, -0.05) is 5.11 Å². The smallest absolute Gasteiger partial charge is 0.377 e. The predicted molar refractivity (Wildman–Crippen MR) is 33.4 cm³/mol. The fourth-order valence-corrected chi connectivity index (χ4v) is 0.846. The highest BCUT2D eigenvalue weighted by molar-refractivity contribution is 5.79. The maximum Gasteiger partial charge on any atom is 0.377 e. The Morgan fingerprint density at radius 3 is 2.92 bits per heavy atom. The fraction of sp³-hybridized carbons (Fsp3) is 0.800. The van der Waals surface area contributed by atoms with Crippen LogP contribution in [0.5, 0.6) is 0 Å². The number of carbonyl (C=O) groups excluding carboxylic acids is 1. The van der Waals surface area contributed by atoms with Gasteiger partial charge in [-0.3, -0.25) is 0 Å². The molecule has 0 spiro atoms. The summed E-state index contributed by atoms with van der Waals surface area (Å²) in [5.41, 5.74) is 7.85. The van der Waals surface area contributed by atoms with Crippen LogP contribution in [0, 0.1) is 5.92 Å². The molecule has 0 N–H and O–H groups in total. The van der Waals surface area contributed by atoms with Gasteiger partial charge in [0.1, 0.15) is 6.61 Å². The summed E-state index contributed by atoms with van der Waals surface area (Å²) >= 11 is 0. The van der Waals surface area contributed by atoms with Crippen LogP contribution in [0.3, 0.4) is 0 Å². The van der Waals surface area contributed by atoms with Gasteiger partial charge in [-0.05, 0) is 5.53 Å². The van der Waals surface area contributed by atoms with Crippen LogP contribution in [-0.4, -0.2) is 25.0 Å². The van der Waals surface area contributed by atoms with Crippen molar-refractivity contribution < 1.29 is 18.3 Å². The molecular formula is C5H5F2N3O2. The first kappa shape index (κ1) is 8.73. The van der Waals surface area contributed by atoms with Gasteiger partial charge in [0.05, 0.1) is 5.92 Å². The van der Waals surface area contributed by atoms with Crippen LogP contribution in [0.4, 0.5) is 8.78 Å². The Morgan fingerprint density at radius 1 is 1.83 bits per heavy atom. The molecule has 0 aromatic heterocycles. The molecule has 0 aromatic carbocycles. The van der Waals surface area contributed by atoms with Gasteiger partial charge >= 0.3 is 11.9 Å². The van der Waals surface area contributed by atoms with Crippen molar-refractivity contribution in [1.29, 1.82) is 0 Å². The van der Waals surface area contributed by atoms with Crippen LogP contribution < -0.4 is 0 Å². The molecule has 1 aliphatic heterocycles. The predicted octanol–water partition coefficient (Wildman–Crippen LogP) is 1.10. The zero-order chi connectivity index (χ0) is 9.19. The van der Waals surface area contributed by atoms with Gasteiger partial charge in [-0.2, -0.15) is 8.78 Å². The van der Waals surface area contributed by atoms with Crippen LogP contribution in [0.15, 0.2) is 5.11 Å². The molecule has 0 amide bonds. The number of cyclic esters (lactones) is 1. The Hall–Kier alpha value is -1.36. The first-order valence-corrected chi connectivity index (χ1v) is 3.15. The van der Waals surface area contributed by atoms with Crippen LogP contribution >= 0.6 is 0 Å². The van der Waals surface area contributed by atoms with Crippen molar-refractivity contribution >= 4 is 5.97 Å². The summed E-state index contributed by atoms with van der Waals surface area (Å²) < 4.78 is 29.4. The van der Waals surface area contributed by atoms with Gasteiger partial charge in [-0.15, -0.1) is 0 Å². The molecule has 0 aromatic rings. The molecule has 1 unspecified atom stereocenters. The third-order valence-corrected chi connectivity index (χ3v) is 1.57. The molecule has 1 aliphatic rings. The van der Waals surface area contributed by atoms with E-state index in [2.05, 4.69) is 14.8 Å². The molecule has 1 heterocycles. The van der Waals surface area contributed by atoms with E-state index in [-0.39, 0.29) is 6.61 Å². The van der Waals surface area contributed by atoms with E-state index in [1.165, 1.54) is 0 Å². The lowest BCUT2D eigenvalue weighted by Crippen LogP contribution is -2.32. The molecule has 7 heteroatoms. The SMILES string of the molecule is [N-]=[N+]=NCC1COC(=O)C1(F)F. The summed E-state index contributed by atoms with van der Waals surface area (Å²) in [6, 6.07) is 0. The summed E-state index contributed by atoms with van der Waals surface area (Å²) in [6.07, 6.45) is 0. The van der Waals surface area contributed by atoms with E-state index in [1.807, 2.05) is 0 Å². The number of hydrogen-bond acceptors (Lipinski definition) is 3. The second kappa shape index (κ2) is 2.94. The lowest BCUT2D eigenvalue weighted by Gasteiger charge is -2.09. The second-order valence-electron chi connectivity index (χ2n) is 2.33. The Bertz CT molecular complexity index is 249. The minimum Gasteiger partial charge on any atom is -0.461 e. The van der Waals surface area contributed by atoms with Gasteiger partial charge in [-0.25, -0.2) is 4.79 Å². The number of halogens is 2. The standard InChI is InChI=1S/C5H5F2N3O2/c6-5(7)3(1-9-10-8)2-12-4(5)11/h3H,1-2H2. The maximum atomic E-state index is 12.7. The summed E-state index contributed by atoms with van der Waals surface area (Å²) in [5, 5.41) is 2.95. The van der Waals surface area contributed by atoms with E-state index in [9.17, 15) is 13.6 Å². The molecule has 0 radical (unpaired) electrons. The molecule has 0 saturated carbocycles. The number of azide groups is 1. The third-order valence-electron chi connectivity index (χ3n) is 1.57. The Kier molecular flexibility index (Phi) is 2.14. The molecule has 1 fully saturated rings. The zero-order valence-electron chi connectivity index (χ0n) is 5.91. The molecular weight excluding hydrogens is 172 g/mol. The lowest BCUT2D eigenvalue weighted by atomic mass is 10.1. The number of hydrogen-bond donors (Lipinski definition) is 0. The van der Waals surface area contributed by atoms with Crippen LogP contribution in [0.2, 0.25) is 0 Å². The highest BCUT2D eigenvalue weighted by atomic mass is 19.3. The quantitative estimate of drug-likeness (QED) is 0.274. The largest absolute Gasteiger partial charge is 0.461 e. The number of nitrogens with zero attached hydrogens (tertiary/aromatic N) is 3. The van der Waals surface area contributed by atoms with E-state index in [4.69, 9.17) is 5.53 Å². The van der Waals surface area contributed by atoms with E-state index in [1.54, 1.807) is 0 Å². The first-order valence-electron chi connectivity index (χ1n) is 3.15. The second-order valence-corrected chi connectivity index (χ2v) is 2.33. The lowest BCUT2D eigenvalue weighted by molar-refractivity contribution is -0.159. The Morgan fingerprint density at radius 2 is 2.50 bits per heavy atom. The molecule has 5 nitrogen and oxygen atoms in total. The van der Waals surface area contributed by atoms with Crippen molar-refractivity contribution in [2.24, 2.45) is 11.0 Å². The van der Waals surface area contributed by atoms with Crippen molar-refractivity contribution in [3.63, 3.8) is 0 Å². The first-order chi connectivity index (χ1) is 5.59. The molecule has 1 rings (SSSR count). The minimum absolute atomic E-state index is 0.384. The number of alkyl halides is 2. The van der Waals surface area contributed by atoms with Crippen molar-refractivity contribution in [1.82, 2.24) is 0 Å².